The minimum Gasteiger partial charge on any atom is -0.481 e. The second-order valence-corrected chi connectivity index (χ2v) is 14.1. The van der Waals surface area contributed by atoms with Gasteiger partial charge in [0.25, 0.3) is 0 Å². The Balaban J connectivity index is -0.000000174. The molecule has 0 atom stereocenters. The minimum absolute atomic E-state index is 0.0451. The normalized spacial score (nSPS) is 10.2. The Morgan fingerprint density at radius 2 is 0.490 bits per heavy atom. The predicted octanol–water partition coefficient (Wildman–Crippen LogP) is 11.3. The summed E-state index contributed by atoms with van der Waals surface area (Å²) in [5.74, 6) is -2.66. The number of carbonyl (C=O) groups is 4. The fraction of sp³-hybridized carbons (Fsp3) is 0.902. The number of carboxylic acid groups (broad SMARTS) is 4. The molecule has 6 N–H and O–H groups in total. The molecule has 0 radical (unpaired) electrons. The Kier molecular flexibility index (Phi) is 56.9. The lowest BCUT2D eigenvalue weighted by Crippen LogP contribution is -2.20. The van der Waals surface area contributed by atoms with Crippen molar-refractivity contribution in [2.24, 2.45) is 5.41 Å². The maximum atomic E-state index is 10.1. The van der Waals surface area contributed by atoms with Gasteiger partial charge in [-0.15, -0.1) is 0 Å². The summed E-state index contributed by atoms with van der Waals surface area (Å²) in [6, 6.07) is 0. The molecule has 0 aromatic carbocycles. The fourth-order valence-electron chi connectivity index (χ4n) is 4.28. The van der Waals surface area contributed by atoms with Crippen molar-refractivity contribution in [1.29, 1.82) is 0 Å². The van der Waals surface area contributed by atoms with Crippen molar-refractivity contribution in [3.05, 3.63) is 0 Å². The SMILES string of the molecule is CC(C)(CO)CO.CCCCCCCCC(=O)O.CCCCCCCCC(=O)O.CCCCCCCCC(=O)O.CCCCCCCCC(=O)O. The van der Waals surface area contributed by atoms with Gasteiger partial charge < -0.3 is 30.6 Å². The zero-order valence-corrected chi connectivity index (χ0v) is 34.0. The molecule has 0 saturated carbocycles. The van der Waals surface area contributed by atoms with Crippen LogP contribution < -0.4 is 0 Å². The summed E-state index contributed by atoms with van der Waals surface area (Å²) < 4.78 is 0. The van der Waals surface area contributed by atoms with Gasteiger partial charge in [0.1, 0.15) is 0 Å². The van der Waals surface area contributed by atoms with Crippen molar-refractivity contribution in [1.82, 2.24) is 0 Å². The first-order valence-electron chi connectivity index (χ1n) is 20.3. The van der Waals surface area contributed by atoms with Gasteiger partial charge in [-0.3, -0.25) is 19.2 Å². The molecule has 0 fully saturated rings. The smallest absolute Gasteiger partial charge is 0.303 e. The van der Waals surface area contributed by atoms with Gasteiger partial charge in [0.15, 0.2) is 0 Å². The van der Waals surface area contributed by atoms with Crippen LogP contribution in [0.4, 0.5) is 0 Å². The Labute approximate surface area is 313 Å². The van der Waals surface area contributed by atoms with E-state index in [1.165, 1.54) is 103 Å². The van der Waals surface area contributed by atoms with Crippen LogP contribution in [0.1, 0.15) is 221 Å². The summed E-state index contributed by atoms with van der Waals surface area (Å²) in [6.07, 6.45) is 29.0. The van der Waals surface area contributed by atoms with Crippen LogP contribution in [-0.4, -0.2) is 67.7 Å². The highest BCUT2D eigenvalue weighted by atomic mass is 16.4. The van der Waals surface area contributed by atoms with Gasteiger partial charge in [0, 0.05) is 31.1 Å². The molecular formula is C41H84O10. The molecule has 10 heteroatoms. The van der Waals surface area contributed by atoms with E-state index in [4.69, 9.17) is 30.6 Å². The van der Waals surface area contributed by atoms with Crippen molar-refractivity contribution in [2.45, 2.75) is 221 Å². The summed E-state index contributed by atoms with van der Waals surface area (Å²) in [5.41, 5.74) is -0.306. The average molecular weight is 737 g/mol. The van der Waals surface area contributed by atoms with Crippen LogP contribution in [0.2, 0.25) is 0 Å². The van der Waals surface area contributed by atoms with Crippen molar-refractivity contribution in [3.63, 3.8) is 0 Å². The number of unbranched alkanes of at least 4 members (excludes halogenated alkanes) is 20. The summed E-state index contributed by atoms with van der Waals surface area (Å²) >= 11 is 0. The molecule has 0 aliphatic heterocycles. The summed E-state index contributed by atoms with van der Waals surface area (Å²) in [4.78, 5) is 40.4. The van der Waals surface area contributed by atoms with Crippen molar-refractivity contribution in [3.8, 4) is 0 Å². The van der Waals surface area contributed by atoms with E-state index in [1.54, 1.807) is 13.8 Å². The third-order valence-electron chi connectivity index (χ3n) is 7.83. The van der Waals surface area contributed by atoms with E-state index in [0.29, 0.717) is 25.7 Å². The van der Waals surface area contributed by atoms with Crippen molar-refractivity contribution < 1.29 is 49.8 Å². The Morgan fingerprint density at radius 1 is 0.333 bits per heavy atom. The Hall–Kier alpha value is -2.20. The maximum Gasteiger partial charge on any atom is 0.303 e. The number of carboxylic acids is 4. The first kappa shape index (κ1) is 58.1. The summed E-state index contributed by atoms with van der Waals surface area (Å²) in [5, 5.41) is 50.1. The van der Waals surface area contributed by atoms with Gasteiger partial charge >= 0.3 is 23.9 Å². The molecule has 10 nitrogen and oxygen atoms in total. The number of rotatable bonds is 30. The second kappa shape index (κ2) is 49.9. The first-order chi connectivity index (χ1) is 24.2. The van der Waals surface area contributed by atoms with Gasteiger partial charge in [0.05, 0.1) is 13.2 Å². The minimum atomic E-state index is -0.666. The molecule has 0 amide bonds. The van der Waals surface area contributed by atoms with Crippen LogP contribution in [0.3, 0.4) is 0 Å². The lowest BCUT2D eigenvalue weighted by molar-refractivity contribution is -0.138. The molecular weight excluding hydrogens is 652 g/mol. The zero-order chi connectivity index (χ0) is 40.0. The number of aliphatic hydroxyl groups is 2. The Morgan fingerprint density at radius 3 is 0.608 bits per heavy atom. The molecule has 0 rings (SSSR count). The van der Waals surface area contributed by atoms with E-state index in [2.05, 4.69) is 27.7 Å². The molecule has 308 valence electrons. The number of hydrogen-bond acceptors (Lipinski definition) is 6. The molecule has 0 heterocycles. The van der Waals surface area contributed by atoms with E-state index >= 15 is 0 Å². The van der Waals surface area contributed by atoms with E-state index in [9.17, 15) is 19.2 Å². The molecule has 0 unspecified atom stereocenters. The molecule has 0 aromatic rings. The van der Waals surface area contributed by atoms with Crippen molar-refractivity contribution in [2.75, 3.05) is 13.2 Å². The van der Waals surface area contributed by atoms with Gasteiger partial charge in [-0.25, -0.2) is 0 Å². The molecule has 0 aliphatic rings. The lowest BCUT2D eigenvalue weighted by atomic mass is 9.97. The largest absolute Gasteiger partial charge is 0.481 e. The van der Waals surface area contributed by atoms with Gasteiger partial charge in [0.2, 0.25) is 0 Å². The van der Waals surface area contributed by atoms with Gasteiger partial charge in [-0.05, 0) is 25.7 Å². The summed E-state index contributed by atoms with van der Waals surface area (Å²) in [6.45, 7) is 12.4. The van der Waals surface area contributed by atoms with E-state index < -0.39 is 23.9 Å². The Bertz CT molecular complexity index is 615. The fourth-order valence-corrected chi connectivity index (χ4v) is 4.28. The second-order valence-electron chi connectivity index (χ2n) is 14.1. The lowest BCUT2D eigenvalue weighted by Gasteiger charge is -2.16. The van der Waals surface area contributed by atoms with Crippen molar-refractivity contribution >= 4 is 23.9 Å². The quantitative estimate of drug-likeness (QED) is 0.0387. The monoisotopic (exact) mass is 737 g/mol. The van der Waals surface area contributed by atoms with Crippen LogP contribution in [0, 0.1) is 5.41 Å². The molecule has 0 bridgehead atoms. The van der Waals surface area contributed by atoms with Crippen LogP contribution in [0.15, 0.2) is 0 Å². The highest BCUT2D eigenvalue weighted by molar-refractivity contribution is 5.67. The molecule has 0 aliphatic carbocycles. The van der Waals surface area contributed by atoms with Gasteiger partial charge in [-0.1, -0.05) is 170 Å². The average Bonchev–Trinajstić information content (AvgIpc) is 3.08. The topological polar surface area (TPSA) is 190 Å². The van der Waals surface area contributed by atoms with Crippen LogP contribution >= 0.6 is 0 Å². The number of aliphatic carboxylic acids is 4. The van der Waals surface area contributed by atoms with Crippen LogP contribution in [-0.2, 0) is 19.2 Å². The highest BCUT2D eigenvalue weighted by Crippen LogP contribution is 2.10. The summed E-state index contributed by atoms with van der Waals surface area (Å²) in [7, 11) is 0. The van der Waals surface area contributed by atoms with E-state index in [-0.39, 0.29) is 18.6 Å². The highest BCUT2D eigenvalue weighted by Gasteiger charge is 2.13. The first-order valence-corrected chi connectivity index (χ1v) is 20.3. The maximum absolute atomic E-state index is 10.1. The molecule has 0 aromatic heterocycles. The predicted molar refractivity (Wildman–Crippen MR) is 210 cm³/mol. The molecule has 0 spiro atoms. The third-order valence-corrected chi connectivity index (χ3v) is 7.83. The van der Waals surface area contributed by atoms with Gasteiger partial charge in [-0.2, -0.15) is 0 Å². The molecule has 51 heavy (non-hydrogen) atoms. The van der Waals surface area contributed by atoms with E-state index in [0.717, 1.165) is 51.4 Å². The van der Waals surface area contributed by atoms with Crippen LogP contribution in [0.25, 0.3) is 0 Å². The third kappa shape index (κ3) is 78.2. The number of hydrogen-bond donors (Lipinski definition) is 6. The van der Waals surface area contributed by atoms with Crippen LogP contribution in [0.5, 0.6) is 0 Å². The number of aliphatic hydroxyl groups excluding tert-OH is 2. The molecule has 0 saturated heterocycles. The zero-order valence-electron chi connectivity index (χ0n) is 34.0. The van der Waals surface area contributed by atoms with E-state index in [1.807, 2.05) is 0 Å². The standard InChI is InChI=1S/4C9H18O2.C5H12O2/c4*1-2-3-4-5-6-7-8-9(10)11;1-5(2,3-6)4-7/h4*2-8H2,1H3,(H,10,11);6-7H,3-4H2,1-2H3.